The number of imide groups is 2. The first-order valence-corrected chi connectivity index (χ1v) is 22.9. The Kier molecular flexibility index (Phi) is 9.32. The largest absolute Gasteiger partial charge is 2.00 e. The molecule has 7 aromatic rings. The third-order valence-electron chi connectivity index (χ3n) is 15.7. The van der Waals surface area contributed by atoms with Crippen LogP contribution in [-0.4, -0.2) is 108 Å². The Morgan fingerprint density at radius 3 is 0.797 bits per heavy atom. The number of carbonyl (C=O) groups excluding carboxylic acids is 4. The third-order valence-corrected chi connectivity index (χ3v) is 15.7. The molecule has 334 valence electrons. The second kappa shape index (κ2) is 14.9. The van der Waals surface area contributed by atoms with E-state index in [1.54, 1.807) is 14.1 Å². The Balaban J connectivity index is 0.00000492. The van der Waals surface area contributed by atoms with Gasteiger partial charge in [0.2, 0.25) is 23.6 Å². The van der Waals surface area contributed by atoms with E-state index in [0.29, 0.717) is 67.1 Å². The number of fused-ring (bicyclic) bond motifs is 8. The van der Waals surface area contributed by atoms with E-state index in [1.165, 1.54) is 9.80 Å². The number of likely N-dealkylation sites (N-methyl/N-ethyl adjacent to an activating group) is 4. The van der Waals surface area contributed by atoms with Crippen LogP contribution in [0.5, 0.6) is 0 Å². The van der Waals surface area contributed by atoms with Gasteiger partial charge in [-0.05, 0) is 58.6 Å². The maximum Gasteiger partial charge on any atom is 2.00 e. The van der Waals surface area contributed by atoms with Gasteiger partial charge in [-0.2, -0.15) is 0 Å². The molecule has 69 heavy (non-hydrogen) atoms. The SMILES string of the molecule is CN1C[C@@]23C(=O)N(C)C(=O)[C@]2(C1)c1nc3c(-c2ccccc2)c2ccc([n-]2)c(-c2ccccc2)c2nc(c(-c3ccccc3)c3ccc([n-]3)c1-c1ccccc1)[C@@]13CN(C)C[C@@]21C(=O)N(C)C3=O.[Zn+2]. The fraction of sp³-hybridized carbons (Fsp3) is 0.214. The molecule has 4 amide bonds. The van der Waals surface area contributed by atoms with Gasteiger partial charge in [-0.15, -0.1) is 22.1 Å². The summed E-state index contributed by atoms with van der Waals surface area (Å²) in [6.07, 6.45) is 0. The molecule has 0 saturated carbocycles. The summed E-state index contributed by atoms with van der Waals surface area (Å²) in [7, 11) is 7.08. The molecule has 0 spiro atoms. The van der Waals surface area contributed by atoms with Crippen molar-refractivity contribution < 1.29 is 38.7 Å². The van der Waals surface area contributed by atoms with E-state index in [2.05, 4.69) is 9.80 Å². The van der Waals surface area contributed by atoms with E-state index in [-0.39, 0.29) is 69.3 Å². The van der Waals surface area contributed by atoms with Crippen LogP contribution in [0.25, 0.3) is 66.6 Å². The Bertz CT molecular complexity index is 3090. The average Bonchev–Trinajstić information content (AvgIpc) is 4.24. The van der Waals surface area contributed by atoms with Gasteiger partial charge < -0.3 is 19.8 Å². The van der Waals surface area contributed by atoms with E-state index < -0.39 is 21.7 Å². The van der Waals surface area contributed by atoms with E-state index in [4.69, 9.17) is 19.9 Å². The monoisotopic (exact) mass is 956 g/mol. The van der Waals surface area contributed by atoms with Gasteiger partial charge in [0, 0.05) is 40.3 Å². The summed E-state index contributed by atoms with van der Waals surface area (Å²) in [6, 6.07) is 47.0. The molecule has 6 aliphatic rings. The van der Waals surface area contributed by atoms with Crippen molar-refractivity contribution in [3.63, 3.8) is 0 Å². The summed E-state index contributed by atoms with van der Waals surface area (Å²) in [5.74, 6) is -1.29. The number of benzene rings is 4. The Labute approximate surface area is 410 Å². The molecule has 9 heterocycles. The van der Waals surface area contributed by atoms with Gasteiger partial charge in [-0.3, -0.25) is 38.9 Å². The molecule has 6 aliphatic heterocycles. The van der Waals surface area contributed by atoms with Crippen molar-refractivity contribution in [3.05, 3.63) is 168 Å². The molecular weight excluding hydrogens is 914 g/mol. The number of hydrogen-bond donors (Lipinski definition) is 0. The smallest absolute Gasteiger partial charge is 0.657 e. The number of likely N-dealkylation sites (tertiary alicyclic amines) is 4. The minimum Gasteiger partial charge on any atom is -0.657 e. The van der Waals surface area contributed by atoms with Crippen molar-refractivity contribution in [2.24, 2.45) is 0 Å². The maximum atomic E-state index is 15.4. The topological polar surface area (TPSA) is 135 Å². The molecule has 0 N–H and O–H groups in total. The van der Waals surface area contributed by atoms with E-state index in [0.717, 1.165) is 22.3 Å². The minimum atomic E-state index is -1.43. The zero-order chi connectivity index (χ0) is 46.5. The second-order valence-corrected chi connectivity index (χ2v) is 19.3. The number of hydrogen-bond acceptors (Lipinski definition) is 8. The summed E-state index contributed by atoms with van der Waals surface area (Å²) >= 11 is 0. The first-order chi connectivity index (χ1) is 33.0. The summed E-state index contributed by atoms with van der Waals surface area (Å²) in [6.45, 7) is 0.945. The maximum absolute atomic E-state index is 15.4. The van der Waals surface area contributed by atoms with Crippen molar-refractivity contribution in [3.8, 4) is 44.5 Å². The zero-order valence-corrected chi connectivity index (χ0v) is 41.6. The molecule has 4 aromatic carbocycles. The molecule has 4 atom stereocenters. The number of carbonyl (C=O) groups is 4. The molecule has 13 heteroatoms. The summed E-state index contributed by atoms with van der Waals surface area (Å²) < 4.78 is 0. The number of aromatic nitrogens is 4. The molecule has 3 aromatic heterocycles. The zero-order valence-electron chi connectivity index (χ0n) is 38.6. The molecule has 0 aliphatic carbocycles. The predicted octanol–water partition coefficient (Wildman–Crippen LogP) is 6.48. The molecule has 13 rings (SSSR count). The number of nitrogens with zero attached hydrogens (tertiary/aromatic N) is 8. The van der Waals surface area contributed by atoms with Crippen LogP contribution >= 0.6 is 0 Å². The van der Waals surface area contributed by atoms with E-state index in [1.807, 2.05) is 160 Å². The van der Waals surface area contributed by atoms with Crippen molar-refractivity contribution in [2.45, 2.75) is 21.7 Å². The number of rotatable bonds is 4. The van der Waals surface area contributed by atoms with Gasteiger partial charge in [-0.25, -0.2) is 0 Å². The average molecular weight is 958 g/mol. The van der Waals surface area contributed by atoms with Crippen molar-refractivity contribution in [1.29, 1.82) is 0 Å². The van der Waals surface area contributed by atoms with Crippen LogP contribution in [0, 0.1) is 0 Å². The number of amides is 4. The minimum absolute atomic E-state index is 0. The molecular formula is C56H44N8O4Zn. The van der Waals surface area contributed by atoms with Crippen LogP contribution in [0.4, 0.5) is 0 Å². The van der Waals surface area contributed by atoms with Gasteiger partial charge in [-0.1, -0.05) is 146 Å². The van der Waals surface area contributed by atoms with Crippen molar-refractivity contribution >= 4 is 45.7 Å². The van der Waals surface area contributed by atoms with Crippen LogP contribution in [0.3, 0.4) is 0 Å². The van der Waals surface area contributed by atoms with Crippen molar-refractivity contribution in [2.75, 3.05) is 54.4 Å². The summed E-state index contributed by atoms with van der Waals surface area (Å²) in [4.78, 5) is 90.8. The van der Waals surface area contributed by atoms with Gasteiger partial charge >= 0.3 is 19.5 Å². The van der Waals surface area contributed by atoms with Crippen LogP contribution in [0.15, 0.2) is 146 Å². The van der Waals surface area contributed by atoms with Gasteiger partial charge in [0.05, 0.1) is 22.8 Å². The molecule has 8 bridgehead atoms. The quantitative estimate of drug-likeness (QED) is 0.143. The fourth-order valence-corrected chi connectivity index (χ4v) is 13.1. The Hall–Kier alpha value is -7.18. The first-order valence-electron chi connectivity index (χ1n) is 22.9. The van der Waals surface area contributed by atoms with E-state index >= 15 is 19.2 Å². The predicted molar refractivity (Wildman–Crippen MR) is 258 cm³/mol. The van der Waals surface area contributed by atoms with E-state index in [9.17, 15) is 0 Å². The fourth-order valence-electron chi connectivity index (χ4n) is 13.1. The van der Waals surface area contributed by atoms with Gasteiger partial charge in [0.25, 0.3) is 0 Å². The van der Waals surface area contributed by atoms with Crippen LogP contribution in [-0.2, 0) is 60.3 Å². The third kappa shape index (κ3) is 5.22. The standard InChI is InChI=1S/C56H44N8O4.Zn/c1-61-29-53-45-41(33-17-9-5-10-18-33)37-25-27-39(57-37)43(35-21-13-7-14-22-35)47-55-31-62(2)32-56(55,52(68)64(4)51(55)67)48(60-47)44(36-23-15-8-16-24-36)40-28-26-38(58-40)42(34-19-11-6-12-20-34)46(59-45)54(53,30-61)50(66)63(3)49(53)65;/h5-28H,29-32H2,1-4H3;/q-2;+2/t53-,54+,55+,56-;. The summed E-state index contributed by atoms with van der Waals surface area (Å²) in [5.41, 5.74) is 3.79. The van der Waals surface area contributed by atoms with Crippen LogP contribution < -0.4 is 9.97 Å². The van der Waals surface area contributed by atoms with Crippen LogP contribution in [0.2, 0.25) is 0 Å². The normalized spacial score (nSPS) is 24.9. The second-order valence-electron chi connectivity index (χ2n) is 19.3. The molecule has 12 nitrogen and oxygen atoms in total. The molecule has 4 fully saturated rings. The summed E-state index contributed by atoms with van der Waals surface area (Å²) in [5, 5.41) is 0. The van der Waals surface area contributed by atoms with Gasteiger partial charge in [0.15, 0.2) is 0 Å². The Morgan fingerprint density at radius 2 is 0.580 bits per heavy atom. The van der Waals surface area contributed by atoms with Crippen LogP contribution in [0.1, 0.15) is 22.8 Å². The molecule has 0 radical (unpaired) electrons. The first kappa shape index (κ1) is 43.1. The molecule has 4 saturated heterocycles. The Morgan fingerprint density at radius 1 is 0.362 bits per heavy atom. The van der Waals surface area contributed by atoms with Gasteiger partial charge in [0.1, 0.15) is 21.7 Å². The molecule has 0 unspecified atom stereocenters. The van der Waals surface area contributed by atoms with Crippen molar-refractivity contribution in [1.82, 2.24) is 39.5 Å².